The Labute approximate surface area is 88.6 Å². The summed E-state index contributed by atoms with van der Waals surface area (Å²) < 4.78 is 43.8. The van der Waals surface area contributed by atoms with Gasteiger partial charge in [-0.1, -0.05) is 0 Å². The van der Waals surface area contributed by atoms with Crippen molar-refractivity contribution in [3.05, 3.63) is 17.8 Å². The number of ether oxygens (including phenoxy) is 1. The quantitative estimate of drug-likeness (QED) is 0.871. The molecule has 1 rings (SSSR count). The molecular formula is C8H9F3N2O3. The number of hydrogen-bond acceptors (Lipinski definition) is 4. The number of amides is 1. The lowest BCUT2D eigenvalue weighted by molar-refractivity contribution is -0.160. The van der Waals surface area contributed by atoms with Gasteiger partial charge in [0.15, 0.2) is 6.61 Å². The van der Waals surface area contributed by atoms with Crippen LogP contribution in [0.5, 0.6) is 0 Å². The number of aromatic nitrogens is 1. The van der Waals surface area contributed by atoms with Gasteiger partial charge in [0.05, 0.1) is 12.7 Å². The summed E-state index contributed by atoms with van der Waals surface area (Å²) in [6.07, 6.45) is -4.28. The van der Waals surface area contributed by atoms with Crippen molar-refractivity contribution in [1.82, 2.24) is 10.3 Å². The Morgan fingerprint density at radius 2 is 2.31 bits per heavy atom. The molecule has 1 aromatic rings. The Morgan fingerprint density at radius 1 is 1.62 bits per heavy atom. The SMILES string of the molecule is Cc1cnc(CNC(=O)OCC(F)(F)F)o1. The monoisotopic (exact) mass is 238 g/mol. The molecule has 0 spiro atoms. The Balaban J connectivity index is 2.25. The number of halogens is 3. The molecule has 8 heteroatoms. The minimum absolute atomic E-state index is 0.121. The van der Waals surface area contributed by atoms with Crippen LogP contribution in [0.1, 0.15) is 11.7 Å². The standard InChI is InChI=1S/C8H9F3N2O3/c1-5-2-12-6(16-5)3-13-7(14)15-4-8(9,10)11/h2H,3-4H2,1H3,(H,13,14). The molecule has 0 aliphatic rings. The van der Waals surface area contributed by atoms with E-state index in [1.807, 2.05) is 0 Å². The second kappa shape index (κ2) is 4.86. The van der Waals surface area contributed by atoms with E-state index in [2.05, 4.69) is 15.0 Å². The van der Waals surface area contributed by atoms with E-state index in [0.717, 1.165) is 0 Å². The summed E-state index contributed by atoms with van der Waals surface area (Å²) in [4.78, 5) is 14.5. The summed E-state index contributed by atoms with van der Waals surface area (Å²) in [5.74, 6) is 0.738. The number of carbonyl (C=O) groups excluding carboxylic acids is 1. The van der Waals surface area contributed by atoms with Gasteiger partial charge in [0.25, 0.3) is 0 Å². The van der Waals surface area contributed by atoms with Crippen LogP contribution in [0.15, 0.2) is 10.6 Å². The number of hydrogen-bond donors (Lipinski definition) is 1. The van der Waals surface area contributed by atoms with Gasteiger partial charge in [0.1, 0.15) is 5.76 Å². The smallest absolute Gasteiger partial charge is 0.422 e. The second-order valence-corrected chi connectivity index (χ2v) is 2.91. The predicted molar refractivity (Wildman–Crippen MR) is 45.5 cm³/mol. The molecule has 1 heterocycles. The van der Waals surface area contributed by atoms with E-state index in [-0.39, 0.29) is 12.4 Å². The molecule has 0 atom stereocenters. The molecular weight excluding hydrogens is 229 g/mol. The van der Waals surface area contributed by atoms with E-state index in [0.29, 0.717) is 5.76 Å². The molecule has 1 amide bonds. The molecule has 1 aromatic heterocycles. The molecule has 0 unspecified atom stereocenters. The zero-order valence-electron chi connectivity index (χ0n) is 8.30. The molecule has 0 aromatic carbocycles. The number of aryl methyl sites for hydroxylation is 1. The summed E-state index contributed by atoms with van der Waals surface area (Å²) in [6.45, 7) is -0.0908. The second-order valence-electron chi connectivity index (χ2n) is 2.91. The lowest BCUT2D eigenvalue weighted by atomic mass is 10.6. The summed E-state index contributed by atoms with van der Waals surface area (Å²) >= 11 is 0. The van der Waals surface area contributed by atoms with E-state index in [1.165, 1.54) is 6.20 Å². The lowest BCUT2D eigenvalue weighted by Gasteiger charge is -2.07. The maximum Gasteiger partial charge on any atom is 0.422 e. The van der Waals surface area contributed by atoms with Crippen LogP contribution in [-0.4, -0.2) is 23.9 Å². The van der Waals surface area contributed by atoms with Crippen LogP contribution in [0.2, 0.25) is 0 Å². The Bertz CT molecular complexity index is 362. The third-order valence-electron chi connectivity index (χ3n) is 1.42. The molecule has 0 bridgehead atoms. The van der Waals surface area contributed by atoms with E-state index < -0.39 is 18.9 Å². The van der Waals surface area contributed by atoms with Crippen molar-refractivity contribution in [3.8, 4) is 0 Å². The van der Waals surface area contributed by atoms with E-state index in [9.17, 15) is 18.0 Å². The molecule has 0 saturated heterocycles. The highest BCUT2D eigenvalue weighted by Crippen LogP contribution is 2.14. The third kappa shape index (κ3) is 4.67. The molecule has 5 nitrogen and oxygen atoms in total. The first-order chi connectivity index (χ1) is 7.37. The topological polar surface area (TPSA) is 64.4 Å². The van der Waals surface area contributed by atoms with Crippen molar-refractivity contribution in [1.29, 1.82) is 0 Å². The van der Waals surface area contributed by atoms with Crippen LogP contribution in [-0.2, 0) is 11.3 Å². The van der Waals surface area contributed by atoms with Gasteiger partial charge in [-0.05, 0) is 6.92 Å². The number of carbonyl (C=O) groups is 1. The first-order valence-corrected chi connectivity index (χ1v) is 4.25. The minimum Gasteiger partial charge on any atom is -0.444 e. The fourth-order valence-electron chi connectivity index (χ4n) is 0.829. The summed E-state index contributed by atoms with van der Waals surface area (Å²) in [7, 11) is 0. The van der Waals surface area contributed by atoms with Gasteiger partial charge < -0.3 is 14.5 Å². The van der Waals surface area contributed by atoms with Crippen molar-refractivity contribution >= 4 is 6.09 Å². The highest BCUT2D eigenvalue weighted by atomic mass is 19.4. The van der Waals surface area contributed by atoms with Crippen LogP contribution in [0, 0.1) is 6.92 Å². The average Bonchev–Trinajstić information content (AvgIpc) is 2.57. The highest BCUT2D eigenvalue weighted by Gasteiger charge is 2.29. The van der Waals surface area contributed by atoms with Crippen LogP contribution in [0.25, 0.3) is 0 Å². The third-order valence-corrected chi connectivity index (χ3v) is 1.42. The minimum atomic E-state index is -4.53. The first kappa shape index (κ1) is 12.3. The van der Waals surface area contributed by atoms with E-state index >= 15 is 0 Å². The van der Waals surface area contributed by atoms with Crippen LogP contribution in [0.4, 0.5) is 18.0 Å². The fourth-order valence-corrected chi connectivity index (χ4v) is 0.829. The van der Waals surface area contributed by atoms with Gasteiger partial charge in [-0.2, -0.15) is 13.2 Å². The largest absolute Gasteiger partial charge is 0.444 e. The zero-order chi connectivity index (χ0) is 12.2. The first-order valence-electron chi connectivity index (χ1n) is 4.25. The molecule has 0 aliphatic carbocycles. The Hall–Kier alpha value is -1.73. The fraction of sp³-hybridized carbons (Fsp3) is 0.500. The number of oxazole rings is 1. The van der Waals surface area contributed by atoms with Gasteiger partial charge in [0.2, 0.25) is 5.89 Å². The molecule has 90 valence electrons. The number of alkyl halides is 3. The normalized spacial score (nSPS) is 11.2. The van der Waals surface area contributed by atoms with Gasteiger partial charge in [-0.25, -0.2) is 9.78 Å². The highest BCUT2D eigenvalue weighted by molar-refractivity contribution is 5.66. The van der Waals surface area contributed by atoms with Crippen LogP contribution >= 0.6 is 0 Å². The summed E-state index contributed by atoms with van der Waals surface area (Å²) in [5.41, 5.74) is 0. The molecule has 0 fully saturated rings. The average molecular weight is 238 g/mol. The molecule has 1 N–H and O–H groups in total. The molecule has 0 radical (unpaired) electrons. The van der Waals surface area contributed by atoms with E-state index in [1.54, 1.807) is 6.92 Å². The van der Waals surface area contributed by atoms with Crippen molar-refractivity contribution < 1.29 is 27.1 Å². The molecule has 16 heavy (non-hydrogen) atoms. The Morgan fingerprint density at radius 3 is 2.81 bits per heavy atom. The summed E-state index contributed by atoms with van der Waals surface area (Å²) in [6, 6.07) is 0. The van der Waals surface area contributed by atoms with Gasteiger partial charge >= 0.3 is 12.3 Å². The number of rotatable bonds is 3. The van der Waals surface area contributed by atoms with Crippen molar-refractivity contribution in [2.45, 2.75) is 19.6 Å². The molecule has 0 aliphatic heterocycles. The maximum absolute atomic E-state index is 11.6. The zero-order valence-corrected chi connectivity index (χ0v) is 8.30. The summed E-state index contributed by atoms with van der Waals surface area (Å²) in [5, 5.41) is 2.07. The van der Waals surface area contributed by atoms with Gasteiger partial charge in [0, 0.05) is 0 Å². The number of nitrogens with one attached hydrogen (secondary N) is 1. The van der Waals surface area contributed by atoms with Crippen molar-refractivity contribution in [2.75, 3.05) is 6.61 Å². The lowest BCUT2D eigenvalue weighted by Crippen LogP contribution is -2.28. The van der Waals surface area contributed by atoms with Crippen molar-refractivity contribution in [2.24, 2.45) is 0 Å². The van der Waals surface area contributed by atoms with Crippen molar-refractivity contribution in [3.63, 3.8) is 0 Å². The van der Waals surface area contributed by atoms with Crippen LogP contribution < -0.4 is 5.32 Å². The number of alkyl carbamates (subject to hydrolysis) is 1. The van der Waals surface area contributed by atoms with E-state index in [4.69, 9.17) is 4.42 Å². The predicted octanol–water partition coefficient (Wildman–Crippen LogP) is 1.77. The van der Waals surface area contributed by atoms with Gasteiger partial charge in [-0.3, -0.25) is 0 Å². The van der Waals surface area contributed by atoms with Crippen LogP contribution in [0.3, 0.4) is 0 Å². The van der Waals surface area contributed by atoms with Gasteiger partial charge in [-0.15, -0.1) is 0 Å². The Kier molecular flexibility index (Phi) is 3.75. The number of nitrogens with zero attached hydrogens (tertiary/aromatic N) is 1. The maximum atomic E-state index is 11.6. The molecule has 0 saturated carbocycles.